The smallest absolute Gasteiger partial charge is 0.243 e. The van der Waals surface area contributed by atoms with Gasteiger partial charge in [-0.1, -0.05) is 23.2 Å². The van der Waals surface area contributed by atoms with Gasteiger partial charge in [-0.15, -0.1) is 11.3 Å². The highest BCUT2D eigenvalue weighted by molar-refractivity contribution is 7.89. The summed E-state index contributed by atoms with van der Waals surface area (Å²) in [5.74, 6) is 0. The molecule has 3 aromatic rings. The van der Waals surface area contributed by atoms with E-state index in [1.165, 1.54) is 15.6 Å². The highest BCUT2D eigenvalue weighted by Crippen LogP contribution is 2.31. The van der Waals surface area contributed by atoms with Gasteiger partial charge in [-0.3, -0.25) is 0 Å². The standard InChI is InChI=1S/C22H23Cl2N3O4S2/c1-30-11-10-27-21(19-14-16(23)2-7-20(19)24)15-32-22(27)25-17-3-5-18(6-4-17)33(28,29)26-8-12-31-13-9-26/h2-7,14-15H,8-13H2,1H3. The Bertz CT molecular complexity index is 1280. The van der Waals surface area contributed by atoms with Crippen LogP contribution in [-0.4, -0.2) is 57.3 Å². The van der Waals surface area contributed by atoms with Gasteiger partial charge in [0, 0.05) is 42.7 Å². The zero-order valence-corrected chi connectivity index (χ0v) is 21.1. The summed E-state index contributed by atoms with van der Waals surface area (Å²) in [5.41, 5.74) is 2.34. The SMILES string of the molecule is COCCn1c(-c2cc(Cl)ccc2Cl)csc1=Nc1ccc(S(=O)(=O)N2CCOCC2)cc1. The van der Waals surface area contributed by atoms with Crippen molar-refractivity contribution in [3.8, 4) is 11.3 Å². The van der Waals surface area contributed by atoms with E-state index in [1.807, 2.05) is 16.0 Å². The van der Waals surface area contributed by atoms with Gasteiger partial charge in [0.1, 0.15) is 0 Å². The monoisotopic (exact) mass is 527 g/mol. The van der Waals surface area contributed by atoms with Gasteiger partial charge in [0.2, 0.25) is 10.0 Å². The van der Waals surface area contributed by atoms with Crippen molar-refractivity contribution in [3.05, 3.63) is 62.7 Å². The van der Waals surface area contributed by atoms with Gasteiger partial charge in [0.05, 0.1) is 41.1 Å². The van der Waals surface area contributed by atoms with Crippen LogP contribution in [0.2, 0.25) is 10.0 Å². The molecule has 0 saturated carbocycles. The average molecular weight is 528 g/mol. The van der Waals surface area contributed by atoms with E-state index in [9.17, 15) is 8.42 Å². The summed E-state index contributed by atoms with van der Waals surface area (Å²) >= 11 is 14.1. The summed E-state index contributed by atoms with van der Waals surface area (Å²) in [6.07, 6.45) is 0. The second-order valence-corrected chi connectivity index (χ2v) is 10.9. The summed E-state index contributed by atoms with van der Waals surface area (Å²) in [7, 11) is -1.90. The van der Waals surface area contributed by atoms with Gasteiger partial charge >= 0.3 is 0 Å². The molecule has 1 aromatic heterocycles. The Hall–Kier alpha value is -1.72. The molecule has 11 heteroatoms. The molecule has 1 aliphatic heterocycles. The van der Waals surface area contributed by atoms with Crippen LogP contribution >= 0.6 is 34.5 Å². The van der Waals surface area contributed by atoms with Crippen molar-refractivity contribution >= 4 is 50.2 Å². The fourth-order valence-electron chi connectivity index (χ4n) is 3.47. The first-order valence-electron chi connectivity index (χ1n) is 10.3. The maximum Gasteiger partial charge on any atom is 0.243 e. The largest absolute Gasteiger partial charge is 0.383 e. The zero-order chi connectivity index (χ0) is 23.4. The number of nitrogens with zero attached hydrogens (tertiary/aromatic N) is 3. The number of methoxy groups -OCH3 is 1. The van der Waals surface area contributed by atoms with Gasteiger partial charge < -0.3 is 14.0 Å². The summed E-state index contributed by atoms with van der Waals surface area (Å²) in [5, 5.41) is 3.16. The average Bonchev–Trinajstić information content (AvgIpc) is 3.22. The number of sulfonamides is 1. The van der Waals surface area contributed by atoms with E-state index < -0.39 is 10.0 Å². The minimum absolute atomic E-state index is 0.244. The van der Waals surface area contributed by atoms with Crippen molar-refractivity contribution in [2.45, 2.75) is 11.4 Å². The van der Waals surface area contributed by atoms with E-state index >= 15 is 0 Å². The molecule has 0 radical (unpaired) electrons. The zero-order valence-electron chi connectivity index (χ0n) is 17.9. The van der Waals surface area contributed by atoms with E-state index in [4.69, 9.17) is 37.7 Å². The second-order valence-electron chi connectivity index (χ2n) is 7.29. The highest BCUT2D eigenvalue weighted by atomic mass is 35.5. The van der Waals surface area contributed by atoms with Crippen molar-refractivity contribution in [1.29, 1.82) is 0 Å². The molecular weight excluding hydrogens is 505 g/mol. The van der Waals surface area contributed by atoms with Crippen LogP contribution in [0.3, 0.4) is 0 Å². The first-order valence-corrected chi connectivity index (χ1v) is 13.3. The van der Waals surface area contributed by atoms with Gasteiger partial charge in [-0.25, -0.2) is 13.4 Å². The first kappa shape index (κ1) is 24.4. The van der Waals surface area contributed by atoms with Crippen LogP contribution in [-0.2, 0) is 26.0 Å². The number of benzene rings is 2. The Balaban J connectivity index is 1.69. The molecule has 4 rings (SSSR count). The number of halogens is 2. The minimum atomic E-state index is -3.55. The molecule has 7 nitrogen and oxygen atoms in total. The highest BCUT2D eigenvalue weighted by Gasteiger charge is 2.26. The first-order chi connectivity index (χ1) is 15.9. The lowest BCUT2D eigenvalue weighted by atomic mass is 10.1. The Labute approximate surface area is 206 Å². The van der Waals surface area contributed by atoms with E-state index in [0.717, 1.165) is 16.1 Å². The van der Waals surface area contributed by atoms with Crippen LogP contribution in [0.1, 0.15) is 0 Å². The van der Waals surface area contributed by atoms with Gasteiger partial charge in [-0.2, -0.15) is 4.31 Å². The van der Waals surface area contributed by atoms with Crippen molar-refractivity contribution in [2.75, 3.05) is 40.0 Å². The fraction of sp³-hybridized carbons (Fsp3) is 0.318. The predicted molar refractivity (Wildman–Crippen MR) is 131 cm³/mol. The lowest BCUT2D eigenvalue weighted by Gasteiger charge is -2.26. The van der Waals surface area contributed by atoms with E-state index in [1.54, 1.807) is 43.5 Å². The van der Waals surface area contributed by atoms with Crippen molar-refractivity contribution < 1.29 is 17.9 Å². The quantitative estimate of drug-likeness (QED) is 0.455. The molecule has 0 bridgehead atoms. The maximum absolute atomic E-state index is 12.8. The Morgan fingerprint density at radius 2 is 1.85 bits per heavy atom. The third-order valence-electron chi connectivity index (χ3n) is 5.19. The molecule has 176 valence electrons. The fourth-order valence-corrected chi connectivity index (χ4v) is 6.21. The summed E-state index contributed by atoms with van der Waals surface area (Å²) in [4.78, 5) is 5.73. The molecule has 0 spiro atoms. The minimum Gasteiger partial charge on any atom is -0.383 e. The number of hydrogen-bond acceptors (Lipinski definition) is 6. The van der Waals surface area contributed by atoms with Crippen molar-refractivity contribution in [2.24, 2.45) is 4.99 Å². The Morgan fingerprint density at radius 1 is 1.12 bits per heavy atom. The summed E-state index contributed by atoms with van der Waals surface area (Å²) in [6, 6.07) is 11.9. The van der Waals surface area contributed by atoms with Crippen molar-refractivity contribution in [1.82, 2.24) is 8.87 Å². The van der Waals surface area contributed by atoms with Crippen LogP contribution in [0.15, 0.2) is 57.7 Å². The molecule has 1 saturated heterocycles. The third kappa shape index (κ3) is 5.51. The van der Waals surface area contributed by atoms with Crippen molar-refractivity contribution in [3.63, 3.8) is 0 Å². The van der Waals surface area contributed by atoms with Crippen LogP contribution in [0.5, 0.6) is 0 Å². The van der Waals surface area contributed by atoms with Gasteiger partial charge in [-0.05, 0) is 42.5 Å². The number of morpholine rings is 1. The van der Waals surface area contributed by atoms with Crippen LogP contribution in [0, 0.1) is 0 Å². The molecule has 0 amide bonds. The van der Waals surface area contributed by atoms with Crippen LogP contribution in [0.4, 0.5) is 5.69 Å². The Kier molecular flexibility index (Phi) is 7.91. The Morgan fingerprint density at radius 3 is 2.55 bits per heavy atom. The number of aromatic nitrogens is 1. The molecule has 0 aliphatic carbocycles. The third-order valence-corrected chi connectivity index (χ3v) is 8.53. The number of hydrogen-bond donors (Lipinski definition) is 0. The molecule has 2 heterocycles. The van der Waals surface area contributed by atoms with Crippen LogP contribution < -0.4 is 4.80 Å². The molecule has 0 N–H and O–H groups in total. The lowest BCUT2D eigenvalue weighted by Crippen LogP contribution is -2.40. The predicted octanol–water partition coefficient (Wildman–Crippen LogP) is 4.42. The molecule has 1 fully saturated rings. The van der Waals surface area contributed by atoms with Gasteiger partial charge in [0.15, 0.2) is 4.80 Å². The van der Waals surface area contributed by atoms with Gasteiger partial charge in [0.25, 0.3) is 0 Å². The number of rotatable bonds is 7. The normalized spacial score (nSPS) is 15.8. The van der Waals surface area contributed by atoms with E-state index in [0.29, 0.717) is 55.2 Å². The van der Waals surface area contributed by atoms with E-state index in [-0.39, 0.29) is 4.90 Å². The molecule has 2 aromatic carbocycles. The number of ether oxygens (including phenoxy) is 2. The second kappa shape index (κ2) is 10.7. The summed E-state index contributed by atoms with van der Waals surface area (Å²) < 4.78 is 39.7. The van der Waals surface area contributed by atoms with Crippen LogP contribution in [0.25, 0.3) is 11.3 Å². The van der Waals surface area contributed by atoms with E-state index in [2.05, 4.69) is 0 Å². The maximum atomic E-state index is 12.8. The molecule has 0 atom stereocenters. The lowest BCUT2D eigenvalue weighted by molar-refractivity contribution is 0.0730. The summed E-state index contributed by atoms with van der Waals surface area (Å²) in [6.45, 7) is 2.60. The number of thiazole rings is 1. The molecule has 0 unspecified atom stereocenters. The topological polar surface area (TPSA) is 73.1 Å². The molecular formula is C22H23Cl2N3O4S2. The molecule has 1 aliphatic rings. The molecule has 33 heavy (non-hydrogen) atoms.